The summed E-state index contributed by atoms with van der Waals surface area (Å²) in [7, 11) is 1.35. The average molecular weight is 331 g/mol. The fraction of sp³-hybridized carbons (Fsp3) is 0.444. The molecule has 6 heteroatoms. The van der Waals surface area contributed by atoms with E-state index >= 15 is 0 Å². The molecule has 6 nitrogen and oxygen atoms in total. The number of carbonyl (C=O) groups excluding carboxylic acids is 1. The lowest BCUT2D eigenvalue weighted by Gasteiger charge is -2.31. The Kier molecular flexibility index (Phi) is 4.69. The first-order chi connectivity index (χ1) is 11.5. The van der Waals surface area contributed by atoms with Crippen LogP contribution in [-0.2, 0) is 20.8 Å². The third-order valence-electron chi connectivity index (χ3n) is 4.27. The Balaban J connectivity index is 1.92. The predicted octanol–water partition coefficient (Wildman–Crippen LogP) is 1.78. The van der Waals surface area contributed by atoms with Crippen molar-refractivity contribution in [1.29, 1.82) is 0 Å². The number of morpholine rings is 1. The Labute approximate surface area is 140 Å². The number of fused-ring (bicyclic) bond motifs is 1. The number of ether oxygens (including phenoxy) is 2. The quantitative estimate of drug-likeness (QED) is 0.631. The lowest BCUT2D eigenvalue weighted by Crippen LogP contribution is -2.46. The topological polar surface area (TPSA) is 69.0 Å². The third kappa shape index (κ3) is 3.34. The van der Waals surface area contributed by atoms with Crippen molar-refractivity contribution in [2.75, 3.05) is 26.8 Å². The Bertz CT molecular complexity index is 826. The largest absolute Gasteiger partial charge is 0.467 e. The van der Waals surface area contributed by atoms with Crippen molar-refractivity contribution < 1.29 is 18.7 Å². The molecule has 1 saturated heterocycles. The van der Waals surface area contributed by atoms with Crippen LogP contribution in [0.1, 0.15) is 16.7 Å². The van der Waals surface area contributed by atoms with Gasteiger partial charge in [0.05, 0.1) is 13.7 Å². The maximum atomic E-state index is 11.9. The molecule has 1 aromatic heterocycles. The van der Waals surface area contributed by atoms with Gasteiger partial charge in [0.1, 0.15) is 5.58 Å². The first-order valence-electron chi connectivity index (χ1n) is 7.93. The standard InChI is InChI=1S/C18H21NO5/c1-11-6-12(2)17-14(7-11)13(8-16(20)24-17)9-19-4-5-23-15(10-19)18(21)22-3/h6-8,15H,4-5,9-10H2,1-3H3. The molecule has 0 bridgehead atoms. The molecule has 0 saturated carbocycles. The number of benzene rings is 1. The number of hydrogen-bond acceptors (Lipinski definition) is 6. The minimum absolute atomic E-state index is 0.359. The minimum Gasteiger partial charge on any atom is -0.467 e. The molecule has 0 aliphatic carbocycles. The van der Waals surface area contributed by atoms with Gasteiger partial charge in [-0.15, -0.1) is 0 Å². The highest BCUT2D eigenvalue weighted by molar-refractivity contribution is 5.83. The Morgan fingerprint density at radius 2 is 2.12 bits per heavy atom. The summed E-state index contributed by atoms with van der Waals surface area (Å²) in [5, 5.41) is 0.938. The van der Waals surface area contributed by atoms with Gasteiger partial charge in [0.15, 0.2) is 6.10 Å². The van der Waals surface area contributed by atoms with E-state index in [1.807, 2.05) is 26.0 Å². The summed E-state index contributed by atoms with van der Waals surface area (Å²) in [5.74, 6) is -0.371. The number of hydrogen-bond donors (Lipinski definition) is 0. The fourth-order valence-electron chi connectivity index (χ4n) is 3.17. The molecule has 1 aromatic carbocycles. The molecule has 0 amide bonds. The van der Waals surface area contributed by atoms with Crippen LogP contribution in [0.3, 0.4) is 0 Å². The van der Waals surface area contributed by atoms with Gasteiger partial charge in [0, 0.05) is 31.1 Å². The lowest BCUT2D eigenvalue weighted by molar-refractivity contribution is -0.160. The predicted molar refractivity (Wildman–Crippen MR) is 89.0 cm³/mol. The van der Waals surface area contributed by atoms with E-state index < -0.39 is 6.10 Å². The van der Waals surface area contributed by atoms with Crippen LogP contribution in [0.2, 0.25) is 0 Å². The molecule has 1 unspecified atom stereocenters. The zero-order valence-corrected chi connectivity index (χ0v) is 14.1. The van der Waals surface area contributed by atoms with Crippen LogP contribution in [0, 0.1) is 13.8 Å². The zero-order valence-electron chi connectivity index (χ0n) is 14.1. The van der Waals surface area contributed by atoms with Gasteiger partial charge < -0.3 is 13.9 Å². The Morgan fingerprint density at radius 1 is 1.33 bits per heavy atom. The molecule has 1 atom stereocenters. The highest BCUT2D eigenvalue weighted by atomic mass is 16.6. The number of rotatable bonds is 3. The molecule has 24 heavy (non-hydrogen) atoms. The van der Waals surface area contributed by atoms with Crippen LogP contribution in [0.4, 0.5) is 0 Å². The van der Waals surface area contributed by atoms with Gasteiger partial charge in [0.2, 0.25) is 0 Å². The first kappa shape index (κ1) is 16.7. The van der Waals surface area contributed by atoms with E-state index in [-0.39, 0.29) is 11.6 Å². The number of nitrogens with zero attached hydrogens (tertiary/aromatic N) is 1. The maximum Gasteiger partial charge on any atom is 0.336 e. The van der Waals surface area contributed by atoms with Crippen LogP contribution in [0.5, 0.6) is 0 Å². The molecule has 0 N–H and O–H groups in total. The van der Waals surface area contributed by atoms with Gasteiger partial charge in [-0.2, -0.15) is 0 Å². The van der Waals surface area contributed by atoms with Gasteiger partial charge in [-0.05, 0) is 36.6 Å². The van der Waals surface area contributed by atoms with Gasteiger partial charge in [-0.25, -0.2) is 9.59 Å². The van der Waals surface area contributed by atoms with Crippen molar-refractivity contribution in [2.24, 2.45) is 0 Å². The second-order valence-corrected chi connectivity index (χ2v) is 6.17. The minimum atomic E-state index is -0.585. The molecule has 2 aromatic rings. The van der Waals surface area contributed by atoms with E-state index in [0.717, 1.165) is 22.1 Å². The SMILES string of the molecule is COC(=O)C1CN(Cc2cc(=O)oc3c(C)cc(C)cc23)CCO1. The monoisotopic (exact) mass is 331 g/mol. The first-order valence-corrected chi connectivity index (χ1v) is 7.93. The highest BCUT2D eigenvalue weighted by Gasteiger charge is 2.27. The molecule has 0 radical (unpaired) electrons. The Hall–Kier alpha value is -2.18. The summed E-state index contributed by atoms with van der Waals surface area (Å²) in [5.41, 5.74) is 3.23. The normalized spacial score (nSPS) is 18.7. The fourth-order valence-corrected chi connectivity index (χ4v) is 3.17. The molecule has 1 fully saturated rings. The van der Waals surface area contributed by atoms with E-state index in [1.165, 1.54) is 13.2 Å². The summed E-state index contributed by atoms with van der Waals surface area (Å²) >= 11 is 0. The molecule has 1 aliphatic rings. The van der Waals surface area contributed by atoms with E-state index in [2.05, 4.69) is 4.90 Å². The van der Waals surface area contributed by atoms with Crippen LogP contribution >= 0.6 is 0 Å². The van der Waals surface area contributed by atoms with Crippen molar-refractivity contribution in [3.05, 3.63) is 45.3 Å². The van der Waals surface area contributed by atoms with Crippen molar-refractivity contribution in [1.82, 2.24) is 4.90 Å². The summed E-state index contributed by atoms with van der Waals surface area (Å²) < 4.78 is 15.6. The molecule has 128 valence electrons. The Morgan fingerprint density at radius 3 is 2.88 bits per heavy atom. The lowest BCUT2D eigenvalue weighted by atomic mass is 10.0. The van der Waals surface area contributed by atoms with Gasteiger partial charge >= 0.3 is 11.6 Å². The van der Waals surface area contributed by atoms with E-state index in [9.17, 15) is 9.59 Å². The second-order valence-electron chi connectivity index (χ2n) is 6.17. The van der Waals surface area contributed by atoms with Crippen molar-refractivity contribution in [3.8, 4) is 0 Å². The van der Waals surface area contributed by atoms with Crippen molar-refractivity contribution in [2.45, 2.75) is 26.5 Å². The van der Waals surface area contributed by atoms with Crippen LogP contribution < -0.4 is 5.63 Å². The van der Waals surface area contributed by atoms with Crippen molar-refractivity contribution >= 4 is 16.9 Å². The van der Waals surface area contributed by atoms with Crippen LogP contribution in [0.25, 0.3) is 11.0 Å². The van der Waals surface area contributed by atoms with Gasteiger partial charge in [0.25, 0.3) is 0 Å². The second kappa shape index (κ2) is 6.75. The molecule has 3 rings (SSSR count). The zero-order chi connectivity index (χ0) is 17.3. The third-order valence-corrected chi connectivity index (χ3v) is 4.27. The summed E-state index contributed by atoms with van der Waals surface area (Å²) in [6.45, 7) is 6.10. The van der Waals surface area contributed by atoms with E-state index in [0.29, 0.717) is 31.8 Å². The van der Waals surface area contributed by atoms with E-state index in [4.69, 9.17) is 13.9 Å². The molecular formula is C18H21NO5. The molecular weight excluding hydrogens is 310 g/mol. The van der Waals surface area contributed by atoms with Crippen LogP contribution in [-0.4, -0.2) is 43.8 Å². The maximum absolute atomic E-state index is 11.9. The van der Waals surface area contributed by atoms with Crippen LogP contribution in [0.15, 0.2) is 27.4 Å². The number of carbonyl (C=O) groups is 1. The summed E-state index contributed by atoms with van der Waals surface area (Å²) in [6.07, 6.45) is -0.585. The van der Waals surface area contributed by atoms with Gasteiger partial charge in [-0.3, -0.25) is 4.90 Å². The summed E-state index contributed by atoms with van der Waals surface area (Å²) in [4.78, 5) is 25.7. The molecule has 1 aliphatic heterocycles. The van der Waals surface area contributed by atoms with Crippen molar-refractivity contribution in [3.63, 3.8) is 0 Å². The summed E-state index contributed by atoms with van der Waals surface area (Å²) in [6, 6.07) is 5.56. The number of methoxy groups -OCH3 is 1. The number of aryl methyl sites for hydroxylation is 2. The van der Waals surface area contributed by atoms with Gasteiger partial charge in [-0.1, -0.05) is 6.07 Å². The van der Waals surface area contributed by atoms with E-state index in [1.54, 1.807) is 0 Å². The molecule has 2 heterocycles. The molecule has 0 spiro atoms. The number of esters is 1. The average Bonchev–Trinajstić information content (AvgIpc) is 2.55. The smallest absolute Gasteiger partial charge is 0.336 e. The highest BCUT2D eigenvalue weighted by Crippen LogP contribution is 2.24.